The van der Waals surface area contributed by atoms with Crippen LogP contribution in [0, 0.1) is 5.92 Å². The molecule has 7 nitrogen and oxygen atoms in total. The molecule has 2 heterocycles. The average Bonchev–Trinajstić information content (AvgIpc) is 2.68. The fourth-order valence-electron chi connectivity index (χ4n) is 3.81. The van der Waals surface area contributed by atoms with Gasteiger partial charge in [0.2, 0.25) is 15.9 Å². The Kier molecular flexibility index (Phi) is 6.16. The molecule has 0 aromatic heterocycles. The van der Waals surface area contributed by atoms with Gasteiger partial charge < -0.3 is 10.2 Å². The average molecular weight is 394 g/mol. The van der Waals surface area contributed by atoms with Crippen molar-refractivity contribution in [2.75, 3.05) is 37.3 Å². The number of hydrogen-bond donors (Lipinski definition) is 1. The highest BCUT2D eigenvalue weighted by Gasteiger charge is 2.29. The summed E-state index contributed by atoms with van der Waals surface area (Å²) in [6, 6.07) is 7.57. The molecule has 2 fully saturated rings. The van der Waals surface area contributed by atoms with Gasteiger partial charge in [0.05, 0.1) is 6.26 Å². The smallest absolute Gasteiger partial charge is 0.223 e. The molecular weight excluding hydrogens is 366 g/mol. The first kappa shape index (κ1) is 19.8. The predicted octanol–water partition coefficient (Wildman–Crippen LogP) is 1.26. The SMILES string of the molecule is CS(=O)(=O)N1CCC(NC(=O)C2CCN(c3ccc(C=O)cc3)CC2)CC1. The minimum absolute atomic E-state index is 0.00318. The fraction of sp³-hybridized carbons (Fsp3) is 0.579. The van der Waals surface area contributed by atoms with E-state index in [0.29, 0.717) is 31.5 Å². The van der Waals surface area contributed by atoms with Crippen LogP contribution in [0.4, 0.5) is 5.69 Å². The van der Waals surface area contributed by atoms with Gasteiger partial charge in [0, 0.05) is 49.4 Å². The molecule has 0 atom stereocenters. The lowest BCUT2D eigenvalue weighted by Gasteiger charge is -2.35. The molecule has 2 saturated heterocycles. The van der Waals surface area contributed by atoms with Gasteiger partial charge in [-0.05, 0) is 49.9 Å². The van der Waals surface area contributed by atoms with E-state index < -0.39 is 10.0 Å². The Morgan fingerprint density at radius 1 is 1.04 bits per heavy atom. The summed E-state index contributed by atoms with van der Waals surface area (Å²) in [5, 5.41) is 3.11. The molecule has 2 aliphatic rings. The summed E-state index contributed by atoms with van der Waals surface area (Å²) in [5.41, 5.74) is 1.74. The number of hydrogen-bond acceptors (Lipinski definition) is 5. The first-order valence-corrected chi connectivity index (χ1v) is 11.3. The van der Waals surface area contributed by atoms with Crippen LogP contribution in [0.3, 0.4) is 0 Å². The van der Waals surface area contributed by atoms with Crippen molar-refractivity contribution in [1.82, 2.24) is 9.62 Å². The molecule has 1 N–H and O–H groups in total. The van der Waals surface area contributed by atoms with Crippen molar-refractivity contribution in [2.24, 2.45) is 5.92 Å². The molecule has 0 unspecified atom stereocenters. The second-order valence-corrected chi connectivity index (χ2v) is 9.40. The molecule has 27 heavy (non-hydrogen) atoms. The quantitative estimate of drug-likeness (QED) is 0.761. The monoisotopic (exact) mass is 393 g/mol. The third-order valence-electron chi connectivity index (χ3n) is 5.53. The number of piperidine rings is 2. The van der Waals surface area contributed by atoms with E-state index in [4.69, 9.17) is 0 Å². The second kappa shape index (κ2) is 8.39. The summed E-state index contributed by atoms with van der Waals surface area (Å²) in [6.45, 7) is 2.56. The maximum Gasteiger partial charge on any atom is 0.223 e. The summed E-state index contributed by atoms with van der Waals surface area (Å²) in [4.78, 5) is 25.6. The number of aldehydes is 1. The highest BCUT2D eigenvalue weighted by molar-refractivity contribution is 7.88. The highest BCUT2D eigenvalue weighted by Crippen LogP contribution is 2.24. The minimum Gasteiger partial charge on any atom is -0.371 e. The van der Waals surface area contributed by atoms with E-state index in [1.807, 2.05) is 24.3 Å². The highest BCUT2D eigenvalue weighted by atomic mass is 32.2. The first-order chi connectivity index (χ1) is 12.9. The number of nitrogens with zero attached hydrogens (tertiary/aromatic N) is 2. The van der Waals surface area contributed by atoms with Crippen LogP contribution in [0.15, 0.2) is 24.3 Å². The van der Waals surface area contributed by atoms with Crippen LogP contribution in [0.25, 0.3) is 0 Å². The largest absolute Gasteiger partial charge is 0.371 e. The molecule has 8 heteroatoms. The number of rotatable bonds is 5. The molecule has 0 spiro atoms. The molecule has 1 aromatic rings. The number of carbonyl (C=O) groups excluding carboxylic acids is 2. The summed E-state index contributed by atoms with van der Waals surface area (Å²) in [6.07, 6.45) is 4.99. The molecule has 0 radical (unpaired) electrons. The van der Waals surface area contributed by atoms with Crippen LogP contribution >= 0.6 is 0 Å². The van der Waals surface area contributed by atoms with E-state index in [1.165, 1.54) is 10.6 Å². The van der Waals surface area contributed by atoms with Gasteiger partial charge in [-0.25, -0.2) is 12.7 Å². The van der Waals surface area contributed by atoms with Crippen LogP contribution in [0.5, 0.6) is 0 Å². The third kappa shape index (κ3) is 5.07. The molecule has 0 bridgehead atoms. The Balaban J connectivity index is 1.45. The third-order valence-corrected chi connectivity index (χ3v) is 6.83. The van der Waals surface area contributed by atoms with Crippen LogP contribution < -0.4 is 10.2 Å². The van der Waals surface area contributed by atoms with Crippen molar-refractivity contribution in [3.63, 3.8) is 0 Å². The molecule has 0 saturated carbocycles. The Bertz CT molecular complexity index is 763. The standard InChI is InChI=1S/C19H27N3O4S/c1-27(25,26)22-12-8-17(9-13-22)20-19(24)16-6-10-21(11-7-16)18-4-2-15(14-23)3-5-18/h2-5,14,16-17H,6-13H2,1H3,(H,20,24). The van der Waals surface area contributed by atoms with Gasteiger partial charge in [-0.1, -0.05) is 0 Å². The lowest BCUT2D eigenvalue weighted by atomic mass is 9.94. The van der Waals surface area contributed by atoms with Crippen molar-refractivity contribution >= 4 is 27.9 Å². The summed E-state index contributed by atoms with van der Waals surface area (Å²) < 4.78 is 24.6. The van der Waals surface area contributed by atoms with Crippen molar-refractivity contribution in [3.05, 3.63) is 29.8 Å². The van der Waals surface area contributed by atoms with E-state index in [-0.39, 0.29) is 17.9 Å². The first-order valence-electron chi connectivity index (χ1n) is 9.42. The van der Waals surface area contributed by atoms with Gasteiger partial charge >= 0.3 is 0 Å². The van der Waals surface area contributed by atoms with Gasteiger partial charge in [0.15, 0.2) is 0 Å². The van der Waals surface area contributed by atoms with Crippen molar-refractivity contribution in [1.29, 1.82) is 0 Å². The number of amides is 1. The second-order valence-electron chi connectivity index (χ2n) is 7.42. The van der Waals surface area contributed by atoms with E-state index in [0.717, 1.165) is 37.9 Å². The summed E-state index contributed by atoms with van der Waals surface area (Å²) >= 11 is 0. The predicted molar refractivity (Wildman–Crippen MR) is 104 cm³/mol. The van der Waals surface area contributed by atoms with Gasteiger partial charge in [0.1, 0.15) is 6.29 Å². The van der Waals surface area contributed by atoms with Crippen LogP contribution in [0.1, 0.15) is 36.0 Å². The summed E-state index contributed by atoms with van der Waals surface area (Å²) in [7, 11) is -3.14. The zero-order valence-corrected chi connectivity index (χ0v) is 16.5. The van der Waals surface area contributed by atoms with E-state index in [2.05, 4.69) is 10.2 Å². The molecular formula is C19H27N3O4S. The van der Waals surface area contributed by atoms with Gasteiger partial charge in [0.25, 0.3) is 0 Å². The molecule has 3 rings (SSSR count). The Hall–Kier alpha value is -1.93. The van der Waals surface area contributed by atoms with Crippen LogP contribution in [-0.4, -0.2) is 63.4 Å². The Morgan fingerprint density at radius 3 is 2.15 bits per heavy atom. The number of sulfonamides is 1. The maximum atomic E-state index is 12.6. The molecule has 1 aromatic carbocycles. The fourth-order valence-corrected chi connectivity index (χ4v) is 4.69. The zero-order valence-electron chi connectivity index (χ0n) is 15.6. The zero-order chi connectivity index (χ0) is 19.4. The number of anilines is 1. The topological polar surface area (TPSA) is 86.8 Å². The Morgan fingerprint density at radius 2 is 1.63 bits per heavy atom. The minimum atomic E-state index is -3.14. The molecule has 148 valence electrons. The summed E-state index contributed by atoms with van der Waals surface area (Å²) in [5.74, 6) is 0.0900. The molecule has 2 aliphatic heterocycles. The molecule has 1 amide bonds. The van der Waals surface area contributed by atoms with Crippen molar-refractivity contribution in [2.45, 2.75) is 31.7 Å². The van der Waals surface area contributed by atoms with Crippen LogP contribution in [0.2, 0.25) is 0 Å². The maximum absolute atomic E-state index is 12.6. The van der Waals surface area contributed by atoms with Crippen molar-refractivity contribution in [3.8, 4) is 0 Å². The lowest BCUT2D eigenvalue weighted by molar-refractivity contribution is -0.126. The number of carbonyl (C=O) groups is 2. The molecule has 0 aliphatic carbocycles. The Labute approximate surface area is 160 Å². The van der Waals surface area contributed by atoms with E-state index in [1.54, 1.807) is 0 Å². The van der Waals surface area contributed by atoms with Gasteiger partial charge in [-0.2, -0.15) is 0 Å². The number of benzene rings is 1. The van der Waals surface area contributed by atoms with Crippen LogP contribution in [-0.2, 0) is 14.8 Å². The number of nitrogens with one attached hydrogen (secondary N) is 1. The van der Waals surface area contributed by atoms with E-state index in [9.17, 15) is 18.0 Å². The lowest BCUT2D eigenvalue weighted by Crippen LogP contribution is -2.49. The normalized spacial score (nSPS) is 20.4. The van der Waals surface area contributed by atoms with Gasteiger partial charge in [-0.15, -0.1) is 0 Å². The van der Waals surface area contributed by atoms with Gasteiger partial charge in [-0.3, -0.25) is 9.59 Å². The van der Waals surface area contributed by atoms with E-state index >= 15 is 0 Å². The van der Waals surface area contributed by atoms with Crippen molar-refractivity contribution < 1.29 is 18.0 Å².